The Balaban J connectivity index is 2.17. The van der Waals surface area contributed by atoms with Gasteiger partial charge >= 0.3 is 0 Å². The summed E-state index contributed by atoms with van der Waals surface area (Å²) in [4.78, 5) is 11.7. The van der Waals surface area contributed by atoms with Crippen molar-refractivity contribution in [3.63, 3.8) is 0 Å². The van der Waals surface area contributed by atoms with E-state index in [-0.39, 0.29) is 0 Å². The molecule has 0 spiro atoms. The second-order valence-electron chi connectivity index (χ2n) is 5.25. The van der Waals surface area contributed by atoms with Gasteiger partial charge in [-0.3, -0.25) is 0 Å². The lowest BCUT2D eigenvalue weighted by Crippen LogP contribution is -2.30. The highest BCUT2D eigenvalue weighted by Gasteiger charge is 2.14. The van der Waals surface area contributed by atoms with Gasteiger partial charge in [0.1, 0.15) is 17.5 Å². The average molecular weight is 262 g/mol. The van der Waals surface area contributed by atoms with Gasteiger partial charge in [-0.15, -0.1) is 0 Å². The zero-order valence-corrected chi connectivity index (χ0v) is 12.3. The first-order chi connectivity index (χ1) is 9.33. The molecule has 0 saturated carbocycles. The summed E-state index contributed by atoms with van der Waals surface area (Å²) in [5, 5.41) is 3.39. The van der Waals surface area contributed by atoms with E-state index in [9.17, 15) is 0 Å². The molecule has 0 unspecified atom stereocenters. The molecule has 4 nitrogen and oxygen atoms in total. The summed E-state index contributed by atoms with van der Waals surface area (Å²) in [6, 6.07) is 2.11. The predicted molar refractivity (Wildman–Crippen MR) is 80.9 cm³/mol. The first-order valence-electron chi connectivity index (χ1n) is 7.70. The van der Waals surface area contributed by atoms with E-state index in [1.807, 2.05) is 0 Å². The molecule has 1 N–H and O–H groups in total. The topological polar surface area (TPSA) is 41.0 Å². The standard InChI is InChI=1S/C15H26N4/c1-3-8-13-17-14(16-9-4-2)12-15(18-13)19-10-6-5-7-11-19/h12H,3-11H2,1-2H3,(H,16,17,18). The smallest absolute Gasteiger partial charge is 0.134 e. The minimum absolute atomic E-state index is 0.961. The van der Waals surface area contributed by atoms with Crippen molar-refractivity contribution in [1.29, 1.82) is 0 Å². The zero-order chi connectivity index (χ0) is 13.5. The Morgan fingerprint density at radius 2 is 1.89 bits per heavy atom. The number of aryl methyl sites for hydroxylation is 1. The number of nitrogens with zero attached hydrogens (tertiary/aromatic N) is 3. The van der Waals surface area contributed by atoms with Crippen LogP contribution in [0.1, 0.15) is 51.8 Å². The number of anilines is 2. The third kappa shape index (κ3) is 4.08. The highest BCUT2D eigenvalue weighted by molar-refractivity contribution is 5.49. The van der Waals surface area contributed by atoms with Crippen molar-refractivity contribution in [3.05, 3.63) is 11.9 Å². The summed E-state index contributed by atoms with van der Waals surface area (Å²) in [6.45, 7) is 7.59. The molecule has 1 aromatic heterocycles. The minimum atomic E-state index is 0.961. The Morgan fingerprint density at radius 3 is 2.58 bits per heavy atom. The van der Waals surface area contributed by atoms with Crippen molar-refractivity contribution in [2.45, 2.75) is 52.4 Å². The molecule has 0 aromatic carbocycles. The van der Waals surface area contributed by atoms with Gasteiger partial charge in [-0.2, -0.15) is 0 Å². The van der Waals surface area contributed by atoms with Crippen molar-refractivity contribution in [2.24, 2.45) is 0 Å². The third-order valence-corrected chi connectivity index (χ3v) is 3.47. The molecular formula is C15H26N4. The van der Waals surface area contributed by atoms with E-state index >= 15 is 0 Å². The van der Waals surface area contributed by atoms with E-state index < -0.39 is 0 Å². The van der Waals surface area contributed by atoms with Gasteiger partial charge in [0.25, 0.3) is 0 Å². The van der Waals surface area contributed by atoms with Crippen LogP contribution < -0.4 is 10.2 Å². The number of hydrogen-bond donors (Lipinski definition) is 1. The fourth-order valence-corrected chi connectivity index (χ4v) is 2.45. The van der Waals surface area contributed by atoms with Crippen LogP contribution in [0.3, 0.4) is 0 Å². The van der Waals surface area contributed by atoms with Crippen molar-refractivity contribution >= 4 is 11.6 Å². The Hall–Kier alpha value is -1.32. The normalized spacial score (nSPS) is 15.6. The van der Waals surface area contributed by atoms with E-state index in [1.165, 1.54) is 19.3 Å². The average Bonchev–Trinajstić information content (AvgIpc) is 2.46. The Kier molecular flexibility index (Phi) is 5.43. The van der Waals surface area contributed by atoms with Crippen LogP contribution in [0.15, 0.2) is 6.07 Å². The summed E-state index contributed by atoms with van der Waals surface area (Å²) in [5.41, 5.74) is 0. The monoisotopic (exact) mass is 262 g/mol. The molecule has 1 saturated heterocycles. The SMILES string of the molecule is CCCNc1cc(N2CCCCC2)nc(CCC)n1. The van der Waals surface area contributed by atoms with Gasteiger partial charge in [-0.1, -0.05) is 13.8 Å². The predicted octanol–water partition coefficient (Wildman–Crippen LogP) is 3.24. The molecule has 0 aliphatic carbocycles. The van der Waals surface area contributed by atoms with Crippen molar-refractivity contribution in [3.8, 4) is 0 Å². The summed E-state index contributed by atoms with van der Waals surface area (Å²) in [6.07, 6.45) is 7.09. The number of piperidine rings is 1. The molecule has 19 heavy (non-hydrogen) atoms. The van der Waals surface area contributed by atoms with Gasteiger partial charge in [0.05, 0.1) is 0 Å². The third-order valence-electron chi connectivity index (χ3n) is 3.47. The molecular weight excluding hydrogens is 236 g/mol. The molecule has 1 aliphatic heterocycles. The lowest BCUT2D eigenvalue weighted by atomic mass is 10.1. The van der Waals surface area contributed by atoms with Crippen molar-refractivity contribution < 1.29 is 0 Å². The first kappa shape index (κ1) is 14.1. The second kappa shape index (κ2) is 7.31. The van der Waals surface area contributed by atoms with Gasteiger partial charge < -0.3 is 10.2 Å². The van der Waals surface area contributed by atoms with Crippen LogP contribution in [-0.4, -0.2) is 29.6 Å². The molecule has 1 aromatic rings. The summed E-state index contributed by atoms with van der Waals surface area (Å²) in [7, 11) is 0. The quantitative estimate of drug-likeness (QED) is 0.854. The molecule has 4 heteroatoms. The highest BCUT2D eigenvalue weighted by atomic mass is 15.2. The maximum absolute atomic E-state index is 4.73. The van der Waals surface area contributed by atoms with Crippen molar-refractivity contribution in [1.82, 2.24) is 9.97 Å². The maximum Gasteiger partial charge on any atom is 0.134 e. The Morgan fingerprint density at radius 1 is 1.11 bits per heavy atom. The van der Waals surface area contributed by atoms with Crippen LogP contribution in [0.2, 0.25) is 0 Å². The molecule has 0 bridgehead atoms. The van der Waals surface area contributed by atoms with Crippen LogP contribution in [0.4, 0.5) is 11.6 Å². The Labute approximate surface area is 116 Å². The molecule has 1 aliphatic rings. The number of nitrogens with one attached hydrogen (secondary N) is 1. The van der Waals surface area contributed by atoms with Gasteiger partial charge in [-0.25, -0.2) is 9.97 Å². The second-order valence-corrected chi connectivity index (χ2v) is 5.25. The summed E-state index contributed by atoms with van der Waals surface area (Å²) < 4.78 is 0. The van der Waals surface area contributed by atoms with Crippen LogP contribution >= 0.6 is 0 Å². The first-order valence-corrected chi connectivity index (χ1v) is 7.70. The fourth-order valence-electron chi connectivity index (χ4n) is 2.45. The maximum atomic E-state index is 4.73. The molecule has 1 fully saturated rings. The molecule has 2 rings (SSSR count). The fraction of sp³-hybridized carbons (Fsp3) is 0.733. The number of hydrogen-bond acceptors (Lipinski definition) is 4. The van der Waals surface area contributed by atoms with Crippen LogP contribution in [0.25, 0.3) is 0 Å². The van der Waals surface area contributed by atoms with E-state index in [4.69, 9.17) is 4.98 Å². The van der Waals surface area contributed by atoms with Crippen LogP contribution in [0.5, 0.6) is 0 Å². The summed E-state index contributed by atoms with van der Waals surface area (Å²) in [5.74, 6) is 3.07. The van der Waals surface area contributed by atoms with E-state index in [1.54, 1.807) is 0 Å². The van der Waals surface area contributed by atoms with Gasteiger partial charge in [0, 0.05) is 32.1 Å². The minimum Gasteiger partial charge on any atom is -0.370 e. The molecule has 2 heterocycles. The molecule has 106 valence electrons. The summed E-state index contributed by atoms with van der Waals surface area (Å²) >= 11 is 0. The molecule has 0 amide bonds. The van der Waals surface area contributed by atoms with Crippen LogP contribution in [-0.2, 0) is 6.42 Å². The van der Waals surface area contributed by atoms with Gasteiger partial charge in [-0.05, 0) is 32.1 Å². The lowest BCUT2D eigenvalue weighted by Gasteiger charge is -2.28. The van der Waals surface area contributed by atoms with E-state index in [0.717, 1.165) is 56.4 Å². The van der Waals surface area contributed by atoms with Crippen LogP contribution in [0, 0.1) is 0 Å². The van der Waals surface area contributed by atoms with Crippen molar-refractivity contribution in [2.75, 3.05) is 29.9 Å². The zero-order valence-electron chi connectivity index (χ0n) is 12.3. The largest absolute Gasteiger partial charge is 0.370 e. The Bertz CT molecular complexity index is 386. The lowest BCUT2D eigenvalue weighted by molar-refractivity contribution is 0.572. The van der Waals surface area contributed by atoms with Gasteiger partial charge in [0.15, 0.2) is 0 Å². The number of aromatic nitrogens is 2. The van der Waals surface area contributed by atoms with E-state index in [2.05, 4.69) is 35.1 Å². The highest BCUT2D eigenvalue weighted by Crippen LogP contribution is 2.20. The molecule has 0 atom stereocenters. The van der Waals surface area contributed by atoms with Gasteiger partial charge in [0.2, 0.25) is 0 Å². The van der Waals surface area contributed by atoms with E-state index in [0.29, 0.717) is 0 Å². The number of rotatable bonds is 6. The molecule has 0 radical (unpaired) electrons.